The third kappa shape index (κ3) is 7.81. The van der Waals surface area contributed by atoms with Gasteiger partial charge in [-0.05, 0) is 44.2 Å². The van der Waals surface area contributed by atoms with Crippen molar-refractivity contribution >= 4 is 41.3 Å². The van der Waals surface area contributed by atoms with Gasteiger partial charge in [0.2, 0.25) is 0 Å². The average Bonchev–Trinajstić information content (AvgIpc) is 3.19. The molecule has 0 aliphatic carbocycles. The predicted molar refractivity (Wildman–Crippen MR) is 139 cm³/mol. The molecule has 1 fully saturated rings. The van der Waals surface area contributed by atoms with Crippen LogP contribution < -0.4 is 10.6 Å². The van der Waals surface area contributed by atoms with Crippen molar-refractivity contribution < 1.29 is 0 Å². The number of hydrogen-bond acceptors (Lipinski definition) is 4. The second-order valence-corrected chi connectivity index (χ2v) is 8.91. The van der Waals surface area contributed by atoms with Crippen molar-refractivity contribution in [3.8, 4) is 0 Å². The van der Waals surface area contributed by atoms with Gasteiger partial charge in [-0.1, -0.05) is 31.2 Å². The first-order valence-electron chi connectivity index (χ1n) is 10.9. The van der Waals surface area contributed by atoms with Crippen molar-refractivity contribution in [2.75, 3.05) is 26.2 Å². The van der Waals surface area contributed by atoms with Crippen molar-refractivity contribution in [2.24, 2.45) is 4.99 Å². The van der Waals surface area contributed by atoms with Gasteiger partial charge in [0.25, 0.3) is 0 Å². The van der Waals surface area contributed by atoms with E-state index in [1.165, 1.54) is 21.0 Å². The van der Waals surface area contributed by atoms with Crippen LogP contribution in [0.1, 0.15) is 47.7 Å². The lowest BCUT2D eigenvalue weighted by molar-refractivity contribution is 0.198. The number of thiazole rings is 1. The molecule has 0 amide bonds. The van der Waals surface area contributed by atoms with E-state index in [2.05, 4.69) is 65.6 Å². The zero-order valence-corrected chi connectivity index (χ0v) is 21.6. The molecular formula is C23H36IN5S. The molecule has 2 aromatic rings. The van der Waals surface area contributed by atoms with Crippen molar-refractivity contribution in [3.05, 3.63) is 51.5 Å². The number of aromatic nitrogens is 1. The number of nitrogens with zero attached hydrogens (tertiary/aromatic N) is 3. The van der Waals surface area contributed by atoms with Crippen LogP contribution in [-0.2, 0) is 19.4 Å². The molecular weight excluding hydrogens is 505 g/mol. The molecule has 0 unspecified atom stereocenters. The summed E-state index contributed by atoms with van der Waals surface area (Å²) >= 11 is 1.81. The Morgan fingerprint density at radius 2 is 2.00 bits per heavy atom. The number of halogens is 1. The number of aliphatic imine (C=N–C) groups is 1. The van der Waals surface area contributed by atoms with E-state index >= 15 is 0 Å². The van der Waals surface area contributed by atoms with E-state index in [9.17, 15) is 0 Å². The van der Waals surface area contributed by atoms with Crippen LogP contribution in [0.25, 0.3) is 0 Å². The SMILES string of the molecule is CCNC(=NCCc1ncc(CC)s1)NC1CCN(Cc2ccccc2C)CC1.I. The highest BCUT2D eigenvalue weighted by Crippen LogP contribution is 2.16. The van der Waals surface area contributed by atoms with Crippen LogP contribution in [0.5, 0.6) is 0 Å². The lowest BCUT2D eigenvalue weighted by atomic mass is 10.0. The van der Waals surface area contributed by atoms with E-state index < -0.39 is 0 Å². The summed E-state index contributed by atoms with van der Waals surface area (Å²) in [6, 6.07) is 9.21. The maximum Gasteiger partial charge on any atom is 0.191 e. The monoisotopic (exact) mass is 541 g/mol. The molecule has 1 aromatic heterocycles. The third-order valence-electron chi connectivity index (χ3n) is 5.47. The molecule has 166 valence electrons. The highest BCUT2D eigenvalue weighted by molar-refractivity contribution is 14.0. The Labute approximate surface area is 202 Å². The number of likely N-dealkylation sites (tertiary alicyclic amines) is 1. The Morgan fingerprint density at radius 1 is 1.23 bits per heavy atom. The predicted octanol–water partition coefficient (Wildman–Crippen LogP) is 4.39. The minimum Gasteiger partial charge on any atom is -0.357 e. The fraction of sp³-hybridized carbons (Fsp3) is 0.565. The molecule has 1 aromatic carbocycles. The molecule has 7 heteroatoms. The van der Waals surface area contributed by atoms with Crippen LogP contribution in [0.2, 0.25) is 0 Å². The summed E-state index contributed by atoms with van der Waals surface area (Å²) in [6.07, 6.45) is 6.28. The van der Waals surface area contributed by atoms with Crippen LogP contribution in [0.3, 0.4) is 0 Å². The summed E-state index contributed by atoms with van der Waals surface area (Å²) in [7, 11) is 0. The number of nitrogens with one attached hydrogen (secondary N) is 2. The Morgan fingerprint density at radius 3 is 2.67 bits per heavy atom. The highest BCUT2D eigenvalue weighted by Gasteiger charge is 2.20. The van der Waals surface area contributed by atoms with Gasteiger partial charge in [-0.3, -0.25) is 9.89 Å². The fourth-order valence-corrected chi connectivity index (χ4v) is 4.52. The Balaban J connectivity index is 0.00000320. The van der Waals surface area contributed by atoms with Crippen LogP contribution >= 0.6 is 35.3 Å². The first-order valence-corrected chi connectivity index (χ1v) is 11.7. The second-order valence-electron chi connectivity index (χ2n) is 7.71. The molecule has 3 rings (SSSR count). The molecule has 2 N–H and O–H groups in total. The number of benzene rings is 1. The standard InChI is InChI=1S/C23H35N5S.HI/c1-4-21-16-26-22(29-21)10-13-25-23(24-5-2)27-20-11-14-28(15-12-20)17-19-9-7-6-8-18(19)3;/h6-9,16,20H,4-5,10-15,17H2,1-3H3,(H2,24,25,27);1H. The highest BCUT2D eigenvalue weighted by atomic mass is 127. The van der Waals surface area contributed by atoms with E-state index in [1.807, 2.05) is 17.5 Å². The maximum absolute atomic E-state index is 4.78. The van der Waals surface area contributed by atoms with Crippen molar-refractivity contribution in [1.82, 2.24) is 20.5 Å². The van der Waals surface area contributed by atoms with Crippen molar-refractivity contribution in [2.45, 2.75) is 59.0 Å². The Hall–Kier alpha value is -1.19. The van der Waals surface area contributed by atoms with E-state index in [0.717, 1.165) is 64.4 Å². The number of guanidine groups is 1. The molecule has 1 saturated heterocycles. The number of hydrogen-bond donors (Lipinski definition) is 2. The number of piperidine rings is 1. The molecule has 0 radical (unpaired) electrons. The van der Waals surface area contributed by atoms with E-state index in [-0.39, 0.29) is 24.0 Å². The van der Waals surface area contributed by atoms with Gasteiger partial charge in [-0.25, -0.2) is 4.98 Å². The van der Waals surface area contributed by atoms with Crippen LogP contribution in [0, 0.1) is 6.92 Å². The summed E-state index contributed by atoms with van der Waals surface area (Å²) < 4.78 is 0. The van der Waals surface area contributed by atoms with E-state index in [0.29, 0.717) is 6.04 Å². The van der Waals surface area contributed by atoms with Gasteiger partial charge < -0.3 is 10.6 Å². The molecule has 0 atom stereocenters. The average molecular weight is 542 g/mol. The molecule has 30 heavy (non-hydrogen) atoms. The van der Waals surface area contributed by atoms with Gasteiger partial charge in [0.05, 0.1) is 5.01 Å². The molecule has 0 saturated carbocycles. The van der Waals surface area contributed by atoms with Crippen LogP contribution in [0.4, 0.5) is 0 Å². The fourth-order valence-electron chi connectivity index (χ4n) is 3.67. The smallest absolute Gasteiger partial charge is 0.191 e. The molecule has 0 bridgehead atoms. The van der Waals surface area contributed by atoms with Gasteiger partial charge in [-0.2, -0.15) is 0 Å². The van der Waals surface area contributed by atoms with Gasteiger partial charge in [0.1, 0.15) is 0 Å². The van der Waals surface area contributed by atoms with Crippen LogP contribution in [-0.4, -0.2) is 48.1 Å². The number of rotatable bonds is 8. The molecule has 5 nitrogen and oxygen atoms in total. The minimum absolute atomic E-state index is 0. The van der Waals surface area contributed by atoms with Gasteiger partial charge in [0, 0.05) is 56.3 Å². The van der Waals surface area contributed by atoms with Gasteiger partial charge in [0.15, 0.2) is 5.96 Å². The quantitative estimate of drug-likeness (QED) is 0.296. The zero-order chi connectivity index (χ0) is 20.5. The summed E-state index contributed by atoms with van der Waals surface area (Å²) in [5.41, 5.74) is 2.84. The van der Waals surface area contributed by atoms with Crippen molar-refractivity contribution in [3.63, 3.8) is 0 Å². The first-order chi connectivity index (χ1) is 14.2. The van der Waals surface area contributed by atoms with Crippen molar-refractivity contribution in [1.29, 1.82) is 0 Å². The normalized spacial score (nSPS) is 15.6. The topological polar surface area (TPSA) is 52.6 Å². The molecule has 1 aliphatic rings. The minimum atomic E-state index is 0. The lowest BCUT2D eigenvalue weighted by Gasteiger charge is -2.33. The first kappa shape index (κ1) is 25.1. The molecule has 1 aliphatic heterocycles. The molecule has 0 spiro atoms. The summed E-state index contributed by atoms with van der Waals surface area (Å²) in [5, 5.41) is 8.24. The maximum atomic E-state index is 4.78. The van der Waals surface area contributed by atoms with Gasteiger partial charge >= 0.3 is 0 Å². The van der Waals surface area contributed by atoms with Crippen LogP contribution in [0.15, 0.2) is 35.5 Å². The third-order valence-corrected chi connectivity index (χ3v) is 6.67. The largest absolute Gasteiger partial charge is 0.357 e. The lowest BCUT2D eigenvalue weighted by Crippen LogP contribution is -2.48. The summed E-state index contributed by atoms with van der Waals surface area (Å²) in [6.45, 7) is 11.5. The van der Waals surface area contributed by atoms with Gasteiger partial charge in [-0.15, -0.1) is 35.3 Å². The van der Waals surface area contributed by atoms with E-state index in [4.69, 9.17) is 4.99 Å². The second kappa shape index (κ2) is 13.3. The number of aryl methyl sites for hydroxylation is 2. The Bertz CT molecular complexity index is 783. The Kier molecular flexibility index (Phi) is 11.1. The molecule has 2 heterocycles. The van der Waals surface area contributed by atoms with E-state index in [1.54, 1.807) is 0 Å². The zero-order valence-electron chi connectivity index (χ0n) is 18.5. The summed E-state index contributed by atoms with van der Waals surface area (Å²) in [4.78, 5) is 13.2. The summed E-state index contributed by atoms with van der Waals surface area (Å²) in [5.74, 6) is 0.942.